The van der Waals surface area contributed by atoms with Crippen molar-refractivity contribution in [2.45, 2.75) is 13.0 Å². The van der Waals surface area contributed by atoms with Crippen molar-refractivity contribution in [2.24, 2.45) is 5.73 Å². The maximum atomic E-state index is 11.2. The van der Waals surface area contributed by atoms with Crippen LogP contribution >= 0.6 is 0 Å². The van der Waals surface area contributed by atoms with E-state index in [-0.39, 0.29) is 11.6 Å². The van der Waals surface area contributed by atoms with Crippen LogP contribution in [0.5, 0.6) is 0 Å². The summed E-state index contributed by atoms with van der Waals surface area (Å²) in [6, 6.07) is 5.45. The van der Waals surface area contributed by atoms with Gasteiger partial charge in [-0.3, -0.25) is 15.0 Å². The van der Waals surface area contributed by atoms with Crippen molar-refractivity contribution in [3.05, 3.63) is 34.1 Å². The molecule has 0 saturated heterocycles. The van der Waals surface area contributed by atoms with Gasteiger partial charge in [-0.25, -0.2) is 0 Å². The number of aromatic nitrogens is 2. The van der Waals surface area contributed by atoms with E-state index in [0.29, 0.717) is 5.39 Å². The number of hydrogen-bond acceptors (Lipinski definition) is 2. The monoisotopic (exact) mass is 177 g/mol. The summed E-state index contributed by atoms with van der Waals surface area (Å²) >= 11 is 0. The van der Waals surface area contributed by atoms with E-state index >= 15 is 0 Å². The topological polar surface area (TPSA) is 74.7 Å². The number of fused-ring (bicyclic) bond motifs is 1. The first kappa shape index (κ1) is 8.07. The molecule has 4 nitrogen and oxygen atoms in total. The predicted molar refractivity (Wildman–Crippen MR) is 51.5 cm³/mol. The molecule has 0 bridgehead atoms. The summed E-state index contributed by atoms with van der Waals surface area (Å²) in [4.78, 5) is 11.2. The molecule has 0 amide bonds. The van der Waals surface area contributed by atoms with Crippen molar-refractivity contribution in [3.8, 4) is 0 Å². The molecule has 0 aliphatic rings. The summed E-state index contributed by atoms with van der Waals surface area (Å²) < 4.78 is 0. The lowest BCUT2D eigenvalue weighted by molar-refractivity contribution is 0.822. The largest absolute Gasteiger partial charge is 0.324 e. The number of nitrogens with two attached hydrogens (primary N) is 1. The lowest BCUT2D eigenvalue weighted by Gasteiger charge is -2.05. The molecule has 1 aromatic carbocycles. The average Bonchev–Trinajstić information content (AvgIpc) is 2.48. The normalized spacial score (nSPS) is 13.4. The second-order valence-corrected chi connectivity index (χ2v) is 3.14. The smallest absolute Gasteiger partial charge is 0.271 e. The second kappa shape index (κ2) is 2.74. The highest BCUT2D eigenvalue weighted by molar-refractivity contribution is 5.81. The lowest BCUT2D eigenvalue weighted by Crippen LogP contribution is -2.05. The minimum atomic E-state index is -0.0995. The Morgan fingerprint density at radius 2 is 2.15 bits per heavy atom. The van der Waals surface area contributed by atoms with Gasteiger partial charge in [0.05, 0.1) is 10.9 Å². The molecule has 0 saturated carbocycles. The van der Waals surface area contributed by atoms with Crippen molar-refractivity contribution in [2.75, 3.05) is 0 Å². The van der Waals surface area contributed by atoms with E-state index in [4.69, 9.17) is 5.73 Å². The van der Waals surface area contributed by atoms with Crippen LogP contribution in [0.4, 0.5) is 0 Å². The van der Waals surface area contributed by atoms with Gasteiger partial charge < -0.3 is 5.73 Å². The summed E-state index contributed by atoms with van der Waals surface area (Å²) in [7, 11) is 0. The molecular formula is C9H11N3O. The lowest BCUT2D eigenvalue weighted by atomic mass is 10.1. The average molecular weight is 177 g/mol. The molecule has 4 heteroatoms. The van der Waals surface area contributed by atoms with Crippen molar-refractivity contribution in [3.63, 3.8) is 0 Å². The molecule has 1 unspecified atom stereocenters. The number of H-pyrrole nitrogens is 2. The Bertz CT molecular complexity index is 481. The summed E-state index contributed by atoms with van der Waals surface area (Å²) in [5.74, 6) is 0. The summed E-state index contributed by atoms with van der Waals surface area (Å²) in [6.45, 7) is 1.89. The van der Waals surface area contributed by atoms with Gasteiger partial charge in [0.1, 0.15) is 0 Å². The van der Waals surface area contributed by atoms with E-state index in [0.717, 1.165) is 11.1 Å². The highest BCUT2D eigenvalue weighted by Gasteiger charge is 2.07. The number of para-hydroxylation sites is 1. The number of rotatable bonds is 1. The maximum absolute atomic E-state index is 11.2. The Kier molecular flexibility index (Phi) is 1.70. The molecule has 0 aliphatic heterocycles. The van der Waals surface area contributed by atoms with E-state index in [2.05, 4.69) is 10.2 Å². The van der Waals surface area contributed by atoms with Gasteiger partial charge in [0.2, 0.25) is 0 Å². The molecule has 4 N–H and O–H groups in total. The molecule has 0 radical (unpaired) electrons. The minimum absolute atomic E-state index is 0.0739. The SMILES string of the molecule is CC(N)c1cccc2c(=O)[nH][nH]c12. The quantitative estimate of drug-likeness (QED) is 0.604. The van der Waals surface area contributed by atoms with Crippen molar-refractivity contribution in [1.82, 2.24) is 10.2 Å². The zero-order chi connectivity index (χ0) is 9.42. The third-order valence-electron chi connectivity index (χ3n) is 2.13. The van der Waals surface area contributed by atoms with Crippen LogP contribution < -0.4 is 11.3 Å². The number of aromatic amines is 2. The fraction of sp³-hybridized carbons (Fsp3) is 0.222. The van der Waals surface area contributed by atoms with Gasteiger partial charge in [-0.05, 0) is 18.6 Å². The molecule has 68 valence electrons. The molecular weight excluding hydrogens is 166 g/mol. The first-order valence-corrected chi connectivity index (χ1v) is 4.15. The van der Waals surface area contributed by atoms with E-state index in [9.17, 15) is 4.79 Å². The van der Waals surface area contributed by atoms with E-state index < -0.39 is 0 Å². The molecule has 0 fully saturated rings. The van der Waals surface area contributed by atoms with Gasteiger partial charge in [-0.2, -0.15) is 0 Å². The molecule has 1 aromatic heterocycles. The molecule has 0 spiro atoms. The molecule has 13 heavy (non-hydrogen) atoms. The van der Waals surface area contributed by atoms with Crippen molar-refractivity contribution in [1.29, 1.82) is 0 Å². The first-order valence-electron chi connectivity index (χ1n) is 4.15. The van der Waals surface area contributed by atoms with Gasteiger partial charge in [0.15, 0.2) is 0 Å². The van der Waals surface area contributed by atoms with Crippen LogP contribution in [-0.4, -0.2) is 10.2 Å². The zero-order valence-corrected chi connectivity index (χ0v) is 7.29. The van der Waals surface area contributed by atoms with Crippen LogP contribution in [0.15, 0.2) is 23.0 Å². The second-order valence-electron chi connectivity index (χ2n) is 3.14. The predicted octanol–water partition coefficient (Wildman–Crippen LogP) is 0.876. The zero-order valence-electron chi connectivity index (χ0n) is 7.29. The Labute approximate surface area is 74.7 Å². The third-order valence-corrected chi connectivity index (χ3v) is 2.13. The highest BCUT2D eigenvalue weighted by atomic mass is 16.1. The Morgan fingerprint density at radius 1 is 1.38 bits per heavy atom. The van der Waals surface area contributed by atoms with Crippen molar-refractivity contribution >= 4 is 10.9 Å². The van der Waals surface area contributed by atoms with E-state index in [1.807, 2.05) is 19.1 Å². The van der Waals surface area contributed by atoms with Gasteiger partial charge >= 0.3 is 0 Å². The number of hydrogen-bond donors (Lipinski definition) is 3. The fourth-order valence-electron chi connectivity index (χ4n) is 1.46. The van der Waals surface area contributed by atoms with Crippen LogP contribution in [0.3, 0.4) is 0 Å². The highest BCUT2D eigenvalue weighted by Crippen LogP contribution is 2.17. The van der Waals surface area contributed by atoms with Crippen LogP contribution in [0.2, 0.25) is 0 Å². The van der Waals surface area contributed by atoms with Gasteiger partial charge in [0, 0.05) is 6.04 Å². The fourth-order valence-corrected chi connectivity index (χ4v) is 1.46. The molecule has 1 heterocycles. The van der Waals surface area contributed by atoms with Gasteiger partial charge in [0.25, 0.3) is 5.56 Å². The molecule has 2 rings (SSSR count). The third kappa shape index (κ3) is 1.15. The molecule has 0 aliphatic carbocycles. The van der Waals surface area contributed by atoms with Crippen LogP contribution in [-0.2, 0) is 0 Å². The van der Waals surface area contributed by atoms with E-state index in [1.165, 1.54) is 0 Å². The minimum Gasteiger partial charge on any atom is -0.324 e. The van der Waals surface area contributed by atoms with Crippen molar-refractivity contribution < 1.29 is 0 Å². The Hall–Kier alpha value is -1.55. The molecule has 1 atom stereocenters. The number of nitrogens with one attached hydrogen (secondary N) is 2. The van der Waals surface area contributed by atoms with Crippen LogP contribution in [0, 0.1) is 0 Å². The van der Waals surface area contributed by atoms with Crippen LogP contribution in [0.25, 0.3) is 10.9 Å². The summed E-state index contributed by atoms with van der Waals surface area (Å²) in [6.07, 6.45) is 0. The Balaban J connectivity index is 2.84. The summed E-state index contributed by atoms with van der Waals surface area (Å²) in [5, 5.41) is 6.02. The first-order chi connectivity index (χ1) is 6.20. The number of benzene rings is 1. The maximum Gasteiger partial charge on any atom is 0.271 e. The van der Waals surface area contributed by atoms with Crippen LogP contribution in [0.1, 0.15) is 18.5 Å². The Morgan fingerprint density at radius 3 is 2.85 bits per heavy atom. The van der Waals surface area contributed by atoms with Gasteiger partial charge in [-0.1, -0.05) is 12.1 Å². The summed E-state index contributed by atoms with van der Waals surface area (Å²) in [5.41, 5.74) is 7.42. The van der Waals surface area contributed by atoms with E-state index in [1.54, 1.807) is 6.07 Å². The standard InChI is InChI=1S/C9H11N3O/c1-5(10)6-3-2-4-7-8(6)11-12-9(7)13/h2-5H,10H2,1H3,(H2,11,12,13). The molecule has 2 aromatic rings. The van der Waals surface area contributed by atoms with Gasteiger partial charge in [-0.15, -0.1) is 0 Å².